The molecule has 0 saturated heterocycles. The number of nitriles is 2. The predicted molar refractivity (Wildman–Crippen MR) is 62.7 cm³/mol. The van der Waals surface area contributed by atoms with Gasteiger partial charge in [-0.25, -0.2) is 17.6 Å². The van der Waals surface area contributed by atoms with Crippen molar-refractivity contribution in [2.75, 3.05) is 0 Å². The average Bonchev–Trinajstić information content (AvgIpc) is 2.43. The van der Waals surface area contributed by atoms with Crippen LogP contribution in [0.1, 0.15) is 22.3 Å². The van der Waals surface area contributed by atoms with Crippen LogP contribution >= 0.6 is 0 Å². The van der Waals surface area contributed by atoms with Gasteiger partial charge in [0.1, 0.15) is 12.1 Å². The molecule has 0 heterocycles. The lowest BCUT2D eigenvalue weighted by Crippen LogP contribution is -2.05. The third-order valence-electron chi connectivity index (χ3n) is 3.24. The molecule has 100 valence electrons. The molecule has 2 nitrogen and oxygen atoms in total. The van der Waals surface area contributed by atoms with Crippen LogP contribution in [-0.2, 0) is 0 Å². The van der Waals surface area contributed by atoms with Gasteiger partial charge in [-0.05, 0) is 25.0 Å². The lowest BCUT2D eigenvalue weighted by Gasteiger charge is -2.13. The van der Waals surface area contributed by atoms with Crippen LogP contribution in [0.4, 0.5) is 17.6 Å². The van der Waals surface area contributed by atoms with Crippen LogP contribution in [0.2, 0.25) is 0 Å². The summed E-state index contributed by atoms with van der Waals surface area (Å²) in [4.78, 5) is 0. The molecule has 0 aliphatic rings. The molecule has 6 heteroatoms. The summed E-state index contributed by atoms with van der Waals surface area (Å²) in [7, 11) is 0. The lowest BCUT2D eigenvalue weighted by molar-refractivity contribution is 0.417. The van der Waals surface area contributed by atoms with Crippen molar-refractivity contribution in [2.24, 2.45) is 0 Å². The third-order valence-corrected chi connectivity index (χ3v) is 3.24. The van der Waals surface area contributed by atoms with Gasteiger partial charge in [0.25, 0.3) is 0 Å². The van der Waals surface area contributed by atoms with Crippen molar-refractivity contribution >= 4 is 10.8 Å². The standard InChI is InChI=1S/C14H6F4N2/c1-5-7(3-19)8(4-20)6(2)10-9(5)11(15)13(17)14(18)12(10)16/h1-2H3. The molecule has 2 aromatic rings. The van der Waals surface area contributed by atoms with Gasteiger partial charge < -0.3 is 0 Å². The smallest absolute Gasteiger partial charge is 0.198 e. The van der Waals surface area contributed by atoms with Crippen molar-refractivity contribution in [3.63, 3.8) is 0 Å². The first kappa shape index (κ1) is 13.8. The van der Waals surface area contributed by atoms with Crippen molar-refractivity contribution < 1.29 is 17.6 Å². The molecule has 2 aromatic carbocycles. The minimum Gasteiger partial charge on any atom is -0.203 e. The molecule has 0 N–H and O–H groups in total. The Hall–Kier alpha value is -2.60. The Balaban J connectivity index is 3.28. The van der Waals surface area contributed by atoms with Gasteiger partial charge in [-0.3, -0.25) is 0 Å². The monoisotopic (exact) mass is 278 g/mol. The van der Waals surface area contributed by atoms with Gasteiger partial charge in [-0.15, -0.1) is 0 Å². The molecule has 0 bridgehead atoms. The van der Waals surface area contributed by atoms with Crippen molar-refractivity contribution in [3.05, 3.63) is 45.5 Å². The quantitative estimate of drug-likeness (QED) is 0.418. The normalized spacial score (nSPS) is 10.4. The van der Waals surface area contributed by atoms with E-state index >= 15 is 0 Å². The summed E-state index contributed by atoms with van der Waals surface area (Å²) >= 11 is 0. The number of aryl methyl sites for hydroxylation is 2. The highest BCUT2D eigenvalue weighted by Crippen LogP contribution is 2.35. The second-order valence-electron chi connectivity index (χ2n) is 4.23. The van der Waals surface area contributed by atoms with Gasteiger partial charge in [0.2, 0.25) is 0 Å². The van der Waals surface area contributed by atoms with Gasteiger partial charge >= 0.3 is 0 Å². The Labute approximate surface area is 111 Å². The van der Waals surface area contributed by atoms with E-state index in [0.29, 0.717) is 0 Å². The van der Waals surface area contributed by atoms with Crippen molar-refractivity contribution in [2.45, 2.75) is 13.8 Å². The minimum atomic E-state index is -1.94. The SMILES string of the molecule is Cc1c(C#N)c(C#N)c(C)c2c(F)c(F)c(F)c(F)c12. The summed E-state index contributed by atoms with van der Waals surface area (Å²) in [5.74, 6) is -7.02. The maximum Gasteiger partial charge on any atom is 0.198 e. The molecule has 0 atom stereocenters. The fraction of sp³-hybridized carbons (Fsp3) is 0.143. The Morgan fingerprint density at radius 3 is 1.20 bits per heavy atom. The van der Waals surface area contributed by atoms with Crippen LogP contribution in [0.25, 0.3) is 10.8 Å². The van der Waals surface area contributed by atoms with E-state index in [9.17, 15) is 17.6 Å². The number of fused-ring (bicyclic) bond motifs is 1. The van der Waals surface area contributed by atoms with Gasteiger partial charge in [0, 0.05) is 10.8 Å². The molecule has 0 fully saturated rings. The third kappa shape index (κ3) is 1.55. The zero-order valence-electron chi connectivity index (χ0n) is 10.4. The van der Waals surface area contributed by atoms with Crippen LogP contribution in [0.3, 0.4) is 0 Å². The zero-order valence-corrected chi connectivity index (χ0v) is 10.4. The summed E-state index contributed by atoms with van der Waals surface area (Å²) in [5.41, 5.74) is -0.552. The number of nitrogens with zero attached hydrogens (tertiary/aromatic N) is 2. The molecule has 2 rings (SSSR count). The van der Waals surface area contributed by atoms with E-state index in [1.54, 1.807) is 12.1 Å². The summed E-state index contributed by atoms with van der Waals surface area (Å²) in [5, 5.41) is 17.0. The Morgan fingerprint density at radius 1 is 0.650 bits per heavy atom. The number of rotatable bonds is 0. The number of halogens is 4. The summed E-state index contributed by atoms with van der Waals surface area (Å²) < 4.78 is 54.3. The fourth-order valence-electron chi connectivity index (χ4n) is 2.24. The molecule has 0 amide bonds. The first-order chi connectivity index (χ1) is 9.36. The molecular weight excluding hydrogens is 272 g/mol. The van der Waals surface area contributed by atoms with Crippen LogP contribution in [0, 0.1) is 59.8 Å². The summed E-state index contributed by atoms with van der Waals surface area (Å²) in [6, 6.07) is 3.40. The maximum atomic E-state index is 13.9. The molecule has 0 aliphatic carbocycles. The lowest BCUT2D eigenvalue weighted by atomic mass is 9.90. The van der Waals surface area contributed by atoms with E-state index in [0.717, 1.165) is 0 Å². The van der Waals surface area contributed by atoms with Gasteiger partial charge in [-0.1, -0.05) is 0 Å². The van der Waals surface area contributed by atoms with Crippen molar-refractivity contribution in [1.29, 1.82) is 10.5 Å². The highest BCUT2D eigenvalue weighted by atomic mass is 19.2. The van der Waals surface area contributed by atoms with E-state index in [1.165, 1.54) is 13.8 Å². The van der Waals surface area contributed by atoms with Crippen LogP contribution < -0.4 is 0 Å². The van der Waals surface area contributed by atoms with Crippen LogP contribution in [0.15, 0.2) is 0 Å². The summed E-state index contributed by atoms with van der Waals surface area (Å²) in [6.45, 7) is 2.50. The average molecular weight is 278 g/mol. The first-order valence-corrected chi connectivity index (χ1v) is 5.45. The predicted octanol–water partition coefficient (Wildman–Crippen LogP) is 3.76. The van der Waals surface area contributed by atoms with Gasteiger partial charge in [0.05, 0.1) is 11.1 Å². The van der Waals surface area contributed by atoms with Crippen LogP contribution in [0.5, 0.6) is 0 Å². The van der Waals surface area contributed by atoms with Crippen LogP contribution in [-0.4, -0.2) is 0 Å². The molecular formula is C14H6F4N2. The Bertz CT molecular complexity index is 771. The topological polar surface area (TPSA) is 47.6 Å². The fourth-order valence-corrected chi connectivity index (χ4v) is 2.24. The first-order valence-electron chi connectivity index (χ1n) is 5.45. The number of hydrogen-bond donors (Lipinski definition) is 0. The molecule has 0 aliphatic heterocycles. The molecule has 20 heavy (non-hydrogen) atoms. The van der Waals surface area contributed by atoms with E-state index < -0.39 is 34.0 Å². The molecule has 0 unspecified atom stereocenters. The summed E-state index contributed by atoms with van der Waals surface area (Å²) in [6.07, 6.45) is 0. The Kier molecular flexibility index (Phi) is 3.11. The van der Waals surface area contributed by atoms with Crippen molar-refractivity contribution in [3.8, 4) is 12.1 Å². The zero-order chi connectivity index (χ0) is 15.2. The highest BCUT2D eigenvalue weighted by Gasteiger charge is 2.26. The van der Waals surface area contributed by atoms with Gasteiger partial charge in [-0.2, -0.15) is 10.5 Å². The highest BCUT2D eigenvalue weighted by molar-refractivity contribution is 5.93. The minimum absolute atomic E-state index is 0.0973. The molecule has 0 radical (unpaired) electrons. The van der Waals surface area contributed by atoms with E-state index in [-0.39, 0.29) is 22.3 Å². The second kappa shape index (κ2) is 4.50. The maximum absolute atomic E-state index is 13.9. The molecule has 0 spiro atoms. The van der Waals surface area contributed by atoms with E-state index in [1.807, 2.05) is 0 Å². The largest absolute Gasteiger partial charge is 0.203 e. The molecule has 0 saturated carbocycles. The Morgan fingerprint density at radius 2 is 0.950 bits per heavy atom. The van der Waals surface area contributed by atoms with Crippen molar-refractivity contribution in [1.82, 2.24) is 0 Å². The second-order valence-corrected chi connectivity index (χ2v) is 4.23. The number of benzene rings is 2. The van der Waals surface area contributed by atoms with Gasteiger partial charge in [0.15, 0.2) is 23.3 Å². The number of hydrogen-bond acceptors (Lipinski definition) is 2. The molecule has 0 aromatic heterocycles. The van der Waals surface area contributed by atoms with E-state index in [2.05, 4.69) is 0 Å². The van der Waals surface area contributed by atoms with E-state index in [4.69, 9.17) is 10.5 Å².